The van der Waals surface area contributed by atoms with E-state index in [9.17, 15) is 18.5 Å². The minimum Gasteiger partial charge on any atom is -0.300 e. The Labute approximate surface area is 119 Å². The van der Waals surface area contributed by atoms with Crippen LogP contribution in [0, 0.1) is 10.1 Å². The van der Waals surface area contributed by atoms with Crippen molar-refractivity contribution in [2.75, 3.05) is 18.8 Å². The molecule has 0 radical (unpaired) electrons. The first-order chi connectivity index (χ1) is 9.31. The zero-order valence-corrected chi connectivity index (χ0v) is 12.8. The van der Waals surface area contributed by atoms with E-state index in [2.05, 4.69) is 4.90 Å². The van der Waals surface area contributed by atoms with Gasteiger partial charge in [0.05, 0.1) is 15.6 Å². The molecule has 0 aliphatic carbocycles. The SMILES string of the molecule is CCN(CC)C(C)CS(=O)(=O)c1ccc([N+](=O)[O-])cc1. The van der Waals surface area contributed by atoms with Crippen molar-refractivity contribution in [3.8, 4) is 0 Å². The molecule has 0 aliphatic rings. The second-order valence-electron chi connectivity index (χ2n) is 4.60. The lowest BCUT2D eigenvalue weighted by Gasteiger charge is -2.26. The Kier molecular flexibility index (Phi) is 5.64. The molecule has 0 bridgehead atoms. The molecule has 0 saturated carbocycles. The first-order valence-electron chi connectivity index (χ1n) is 6.53. The first kappa shape index (κ1) is 16.6. The molecular weight excluding hydrogens is 280 g/mol. The molecule has 0 aliphatic heterocycles. The fraction of sp³-hybridized carbons (Fsp3) is 0.538. The maximum absolute atomic E-state index is 12.3. The second-order valence-corrected chi connectivity index (χ2v) is 6.64. The first-order valence-corrected chi connectivity index (χ1v) is 8.18. The Hall–Kier alpha value is -1.47. The monoisotopic (exact) mass is 300 g/mol. The van der Waals surface area contributed by atoms with Crippen molar-refractivity contribution in [3.63, 3.8) is 0 Å². The quantitative estimate of drug-likeness (QED) is 0.569. The van der Waals surface area contributed by atoms with Crippen molar-refractivity contribution < 1.29 is 13.3 Å². The summed E-state index contributed by atoms with van der Waals surface area (Å²) < 4.78 is 24.5. The van der Waals surface area contributed by atoms with Gasteiger partial charge in [-0.15, -0.1) is 0 Å². The Balaban J connectivity index is 2.91. The number of hydrogen-bond donors (Lipinski definition) is 0. The maximum atomic E-state index is 12.3. The van der Waals surface area contributed by atoms with Crippen LogP contribution in [0.15, 0.2) is 29.2 Å². The predicted molar refractivity (Wildman–Crippen MR) is 77.5 cm³/mol. The number of nitrogens with zero attached hydrogens (tertiary/aromatic N) is 2. The molecular formula is C13H20N2O4S. The third-order valence-electron chi connectivity index (χ3n) is 3.30. The van der Waals surface area contributed by atoms with Crippen molar-refractivity contribution in [2.24, 2.45) is 0 Å². The Morgan fingerprint density at radius 2 is 1.70 bits per heavy atom. The van der Waals surface area contributed by atoms with Crippen molar-refractivity contribution in [2.45, 2.75) is 31.7 Å². The van der Waals surface area contributed by atoms with E-state index >= 15 is 0 Å². The number of nitro groups is 1. The molecule has 6 nitrogen and oxygen atoms in total. The van der Waals surface area contributed by atoms with E-state index in [1.165, 1.54) is 24.3 Å². The van der Waals surface area contributed by atoms with E-state index in [-0.39, 0.29) is 22.4 Å². The van der Waals surface area contributed by atoms with Gasteiger partial charge in [-0.1, -0.05) is 13.8 Å². The van der Waals surface area contributed by atoms with Gasteiger partial charge in [-0.05, 0) is 32.1 Å². The standard InChI is InChI=1S/C13H20N2O4S/c1-4-14(5-2)11(3)10-20(18,19)13-8-6-12(7-9-13)15(16)17/h6-9,11H,4-5,10H2,1-3H3. The molecule has 20 heavy (non-hydrogen) atoms. The minimum absolute atomic E-state index is 0.00644. The smallest absolute Gasteiger partial charge is 0.269 e. The van der Waals surface area contributed by atoms with Crippen LogP contribution in [0.1, 0.15) is 20.8 Å². The highest BCUT2D eigenvalue weighted by molar-refractivity contribution is 7.91. The van der Waals surface area contributed by atoms with Crippen LogP contribution < -0.4 is 0 Å². The molecule has 1 atom stereocenters. The highest BCUT2D eigenvalue weighted by Crippen LogP contribution is 2.18. The van der Waals surface area contributed by atoms with Gasteiger partial charge in [0, 0.05) is 18.2 Å². The molecule has 0 aromatic heterocycles. The molecule has 7 heteroatoms. The number of hydrogen-bond acceptors (Lipinski definition) is 5. The molecule has 0 fully saturated rings. The lowest BCUT2D eigenvalue weighted by Crippen LogP contribution is -2.37. The normalized spacial score (nSPS) is 13.4. The van der Waals surface area contributed by atoms with Crippen molar-refractivity contribution in [3.05, 3.63) is 34.4 Å². The molecule has 112 valence electrons. The lowest BCUT2D eigenvalue weighted by atomic mass is 10.3. The molecule has 0 N–H and O–H groups in total. The zero-order valence-electron chi connectivity index (χ0n) is 11.9. The van der Waals surface area contributed by atoms with Crippen LogP contribution in [0.5, 0.6) is 0 Å². The molecule has 1 aromatic rings. The van der Waals surface area contributed by atoms with E-state index in [0.717, 1.165) is 13.1 Å². The van der Waals surface area contributed by atoms with Gasteiger partial charge in [-0.25, -0.2) is 8.42 Å². The zero-order chi connectivity index (χ0) is 15.3. The van der Waals surface area contributed by atoms with Gasteiger partial charge in [0.25, 0.3) is 5.69 Å². The van der Waals surface area contributed by atoms with Gasteiger partial charge < -0.3 is 4.90 Å². The Bertz CT molecular complexity index is 550. The van der Waals surface area contributed by atoms with Crippen molar-refractivity contribution in [1.29, 1.82) is 0 Å². The summed E-state index contributed by atoms with van der Waals surface area (Å²) in [6, 6.07) is 4.93. The summed E-state index contributed by atoms with van der Waals surface area (Å²) in [6.07, 6.45) is 0. The van der Waals surface area contributed by atoms with Crippen LogP contribution in [-0.2, 0) is 9.84 Å². The average molecular weight is 300 g/mol. The summed E-state index contributed by atoms with van der Waals surface area (Å²) >= 11 is 0. The van der Waals surface area contributed by atoms with Crippen molar-refractivity contribution >= 4 is 15.5 Å². The van der Waals surface area contributed by atoms with E-state index in [0.29, 0.717) is 0 Å². The van der Waals surface area contributed by atoms with Gasteiger partial charge in [0.15, 0.2) is 9.84 Å². The summed E-state index contributed by atoms with van der Waals surface area (Å²) in [6.45, 7) is 7.41. The van der Waals surface area contributed by atoms with E-state index in [4.69, 9.17) is 0 Å². The largest absolute Gasteiger partial charge is 0.300 e. The number of nitro benzene ring substituents is 1. The van der Waals surface area contributed by atoms with Crippen LogP contribution in [0.2, 0.25) is 0 Å². The molecule has 0 saturated heterocycles. The number of benzene rings is 1. The van der Waals surface area contributed by atoms with Crippen LogP contribution in [0.25, 0.3) is 0 Å². The third-order valence-corrected chi connectivity index (χ3v) is 5.21. The van der Waals surface area contributed by atoms with E-state index < -0.39 is 14.8 Å². The minimum atomic E-state index is -3.43. The van der Waals surface area contributed by atoms with Crippen LogP contribution in [0.3, 0.4) is 0 Å². The van der Waals surface area contributed by atoms with Gasteiger partial charge >= 0.3 is 0 Å². The van der Waals surface area contributed by atoms with E-state index in [1.54, 1.807) is 0 Å². The van der Waals surface area contributed by atoms with Gasteiger partial charge in [-0.2, -0.15) is 0 Å². The fourth-order valence-electron chi connectivity index (χ4n) is 2.14. The number of sulfone groups is 1. The summed E-state index contributed by atoms with van der Waals surface area (Å²) in [7, 11) is -3.43. The fourth-order valence-corrected chi connectivity index (χ4v) is 3.73. The molecule has 0 heterocycles. The van der Waals surface area contributed by atoms with Crippen molar-refractivity contribution in [1.82, 2.24) is 4.90 Å². The maximum Gasteiger partial charge on any atom is 0.269 e. The van der Waals surface area contributed by atoms with Gasteiger partial charge in [-0.3, -0.25) is 10.1 Å². The number of non-ortho nitro benzene ring substituents is 1. The van der Waals surface area contributed by atoms with Gasteiger partial charge in [0.1, 0.15) is 0 Å². The Morgan fingerprint density at radius 1 is 1.20 bits per heavy atom. The number of rotatable bonds is 7. The van der Waals surface area contributed by atoms with Gasteiger partial charge in [0.2, 0.25) is 0 Å². The summed E-state index contributed by atoms with van der Waals surface area (Å²) in [5.74, 6) is 0.00644. The predicted octanol–water partition coefficient (Wildman–Crippen LogP) is 2.10. The summed E-state index contributed by atoms with van der Waals surface area (Å²) in [5, 5.41) is 10.6. The molecule has 1 aromatic carbocycles. The average Bonchev–Trinajstić information content (AvgIpc) is 2.39. The Morgan fingerprint density at radius 3 is 2.10 bits per heavy atom. The lowest BCUT2D eigenvalue weighted by molar-refractivity contribution is -0.384. The topological polar surface area (TPSA) is 80.5 Å². The van der Waals surface area contributed by atoms with Crippen LogP contribution in [0.4, 0.5) is 5.69 Å². The molecule has 1 rings (SSSR count). The van der Waals surface area contributed by atoms with Crippen LogP contribution in [-0.4, -0.2) is 43.1 Å². The van der Waals surface area contributed by atoms with E-state index in [1.807, 2.05) is 20.8 Å². The second kappa shape index (κ2) is 6.81. The highest BCUT2D eigenvalue weighted by atomic mass is 32.2. The molecule has 0 amide bonds. The highest BCUT2D eigenvalue weighted by Gasteiger charge is 2.22. The van der Waals surface area contributed by atoms with Crippen LogP contribution >= 0.6 is 0 Å². The third kappa shape index (κ3) is 4.01. The molecule has 1 unspecified atom stereocenters. The summed E-state index contributed by atoms with van der Waals surface area (Å²) in [5.41, 5.74) is -0.110. The molecule has 0 spiro atoms. The summed E-state index contributed by atoms with van der Waals surface area (Å²) in [4.78, 5) is 12.2.